The Hall–Kier alpha value is -3.44. The third-order valence-electron chi connectivity index (χ3n) is 5.84. The first kappa shape index (κ1) is 25.6. The van der Waals surface area contributed by atoms with Gasteiger partial charge in [-0.2, -0.15) is 0 Å². The number of amides is 2. The average molecular weight is 529 g/mol. The summed E-state index contributed by atoms with van der Waals surface area (Å²) >= 11 is 1.09. The predicted octanol–water partition coefficient (Wildman–Crippen LogP) is 4.69. The SMILES string of the molecule is Cc1ccc(NC(=O)Nc2ncc(CS(=O)(=O)c3ccc(CC(=O)O)cc3)s2)c(N2CCCCC2)c1. The first-order valence-electron chi connectivity index (χ1n) is 11.6. The van der Waals surface area contributed by atoms with Gasteiger partial charge in [-0.15, -0.1) is 11.3 Å². The second-order valence-electron chi connectivity index (χ2n) is 8.75. The lowest BCUT2D eigenvalue weighted by atomic mass is 10.1. The number of aryl methyl sites for hydroxylation is 1. The van der Waals surface area contributed by atoms with Crippen LogP contribution in [0.2, 0.25) is 0 Å². The maximum Gasteiger partial charge on any atom is 0.325 e. The van der Waals surface area contributed by atoms with Crippen LogP contribution in [0.1, 0.15) is 35.3 Å². The van der Waals surface area contributed by atoms with Crippen molar-refractivity contribution in [2.24, 2.45) is 0 Å². The summed E-state index contributed by atoms with van der Waals surface area (Å²) in [5.41, 5.74) is 3.34. The molecule has 1 aromatic heterocycles. The molecule has 0 unspecified atom stereocenters. The molecule has 1 aliphatic rings. The Morgan fingerprint density at radius 2 is 1.78 bits per heavy atom. The molecule has 0 atom stereocenters. The number of thiazole rings is 1. The standard InChI is InChI=1S/C25H28N4O5S2/c1-17-5-10-21(22(13-17)29-11-3-2-4-12-29)27-24(32)28-25-26-15-19(35-25)16-36(33,34)20-8-6-18(7-9-20)14-23(30)31/h5-10,13,15H,2-4,11-12,14,16H2,1H3,(H,30,31)(H2,26,27,28,32). The molecule has 0 bridgehead atoms. The van der Waals surface area contributed by atoms with Gasteiger partial charge in [-0.1, -0.05) is 18.2 Å². The number of sulfone groups is 1. The van der Waals surface area contributed by atoms with Crippen LogP contribution in [0.3, 0.4) is 0 Å². The fourth-order valence-corrected chi connectivity index (χ4v) is 6.56. The number of urea groups is 1. The molecule has 0 radical (unpaired) electrons. The molecule has 2 heterocycles. The monoisotopic (exact) mass is 528 g/mol. The summed E-state index contributed by atoms with van der Waals surface area (Å²) in [6, 6.07) is 11.3. The van der Waals surface area contributed by atoms with Crippen molar-refractivity contribution in [3.8, 4) is 0 Å². The lowest BCUT2D eigenvalue weighted by Gasteiger charge is -2.30. The van der Waals surface area contributed by atoms with Gasteiger partial charge in [0.2, 0.25) is 0 Å². The van der Waals surface area contributed by atoms with E-state index >= 15 is 0 Å². The fourth-order valence-electron chi connectivity index (χ4n) is 4.09. The van der Waals surface area contributed by atoms with Crippen LogP contribution in [0.25, 0.3) is 0 Å². The summed E-state index contributed by atoms with van der Waals surface area (Å²) in [6.45, 7) is 3.92. The van der Waals surface area contributed by atoms with Crippen LogP contribution in [-0.2, 0) is 26.8 Å². The minimum absolute atomic E-state index is 0.0990. The highest BCUT2D eigenvalue weighted by molar-refractivity contribution is 7.90. The topological polar surface area (TPSA) is 129 Å². The quantitative estimate of drug-likeness (QED) is 0.387. The lowest BCUT2D eigenvalue weighted by Crippen LogP contribution is -2.31. The van der Waals surface area contributed by atoms with E-state index < -0.39 is 21.8 Å². The Morgan fingerprint density at radius 1 is 1.06 bits per heavy atom. The molecule has 36 heavy (non-hydrogen) atoms. The van der Waals surface area contributed by atoms with Gasteiger partial charge in [-0.3, -0.25) is 10.1 Å². The number of anilines is 3. The maximum absolute atomic E-state index is 12.8. The van der Waals surface area contributed by atoms with Crippen molar-refractivity contribution in [1.29, 1.82) is 0 Å². The van der Waals surface area contributed by atoms with E-state index in [1.54, 1.807) is 0 Å². The van der Waals surface area contributed by atoms with Gasteiger partial charge in [0.1, 0.15) is 0 Å². The highest BCUT2D eigenvalue weighted by Gasteiger charge is 2.19. The summed E-state index contributed by atoms with van der Waals surface area (Å²) in [6.07, 6.45) is 4.72. The number of nitrogens with zero attached hydrogens (tertiary/aromatic N) is 2. The van der Waals surface area contributed by atoms with Gasteiger partial charge >= 0.3 is 12.0 Å². The van der Waals surface area contributed by atoms with Crippen LogP contribution < -0.4 is 15.5 Å². The molecule has 0 saturated carbocycles. The number of carbonyl (C=O) groups excluding carboxylic acids is 1. The fraction of sp³-hybridized carbons (Fsp3) is 0.320. The van der Waals surface area contributed by atoms with Gasteiger partial charge in [-0.05, 0) is 61.6 Å². The first-order valence-corrected chi connectivity index (χ1v) is 14.1. The number of rotatable bonds is 8. The van der Waals surface area contributed by atoms with Crippen LogP contribution >= 0.6 is 11.3 Å². The van der Waals surface area contributed by atoms with Gasteiger partial charge in [0.05, 0.1) is 28.4 Å². The Morgan fingerprint density at radius 3 is 2.47 bits per heavy atom. The molecule has 2 amide bonds. The van der Waals surface area contributed by atoms with E-state index in [0.717, 1.165) is 48.5 Å². The molecule has 3 aromatic rings. The van der Waals surface area contributed by atoms with E-state index in [0.29, 0.717) is 21.3 Å². The molecular weight excluding hydrogens is 500 g/mol. The molecule has 0 aliphatic carbocycles. The van der Waals surface area contributed by atoms with Crippen molar-refractivity contribution >= 4 is 49.7 Å². The summed E-state index contributed by atoms with van der Waals surface area (Å²) in [5, 5.41) is 14.8. The zero-order chi connectivity index (χ0) is 25.7. The van der Waals surface area contributed by atoms with Gasteiger partial charge in [0.25, 0.3) is 0 Å². The molecule has 3 N–H and O–H groups in total. The summed E-state index contributed by atoms with van der Waals surface area (Å²) < 4.78 is 25.6. The van der Waals surface area contributed by atoms with Crippen LogP contribution in [0.5, 0.6) is 0 Å². The molecule has 4 rings (SSSR count). The zero-order valence-corrected chi connectivity index (χ0v) is 21.5. The van der Waals surface area contributed by atoms with Gasteiger partial charge in [0, 0.05) is 24.2 Å². The number of hydrogen-bond donors (Lipinski definition) is 3. The molecule has 2 aromatic carbocycles. The first-order chi connectivity index (χ1) is 17.2. The molecule has 1 fully saturated rings. The number of aromatic nitrogens is 1. The molecule has 9 nitrogen and oxygen atoms in total. The third kappa shape index (κ3) is 6.61. The second-order valence-corrected chi connectivity index (χ2v) is 11.9. The number of hydrogen-bond acceptors (Lipinski definition) is 7. The highest BCUT2D eigenvalue weighted by atomic mass is 32.2. The van der Waals surface area contributed by atoms with E-state index in [9.17, 15) is 18.0 Å². The second kappa shape index (κ2) is 11.1. The largest absolute Gasteiger partial charge is 0.481 e. The Balaban J connectivity index is 1.39. The Kier molecular flexibility index (Phi) is 7.90. The third-order valence-corrected chi connectivity index (χ3v) is 8.62. The van der Waals surface area contributed by atoms with Crippen LogP contribution in [-0.4, -0.2) is 43.6 Å². The van der Waals surface area contributed by atoms with Crippen LogP contribution in [0.4, 0.5) is 21.3 Å². The number of carboxylic acids is 1. The summed E-state index contributed by atoms with van der Waals surface area (Å²) in [4.78, 5) is 30.5. The van der Waals surface area contributed by atoms with E-state index in [1.165, 1.54) is 36.9 Å². The Bertz CT molecular complexity index is 1350. The Labute approximate surface area is 214 Å². The molecule has 0 spiro atoms. The maximum atomic E-state index is 12.8. The average Bonchev–Trinajstić information content (AvgIpc) is 3.26. The van der Waals surface area contributed by atoms with E-state index in [1.807, 2.05) is 19.1 Å². The number of carbonyl (C=O) groups is 2. The van der Waals surface area contributed by atoms with Crippen molar-refractivity contribution in [1.82, 2.24) is 4.98 Å². The zero-order valence-electron chi connectivity index (χ0n) is 19.9. The number of nitrogens with one attached hydrogen (secondary N) is 2. The summed E-state index contributed by atoms with van der Waals surface area (Å²) in [5.74, 6) is -1.26. The van der Waals surface area contributed by atoms with E-state index in [4.69, 9.17) is 5.11 Å². The number of benzene rings is 2. The number of piperidine rings is 1. The van der Waals surface area contributed by atoms with Crippen molar-refractivity contribution in [2.45, 2.75) is 43.3 Å². The van der Waals surface area contributed by atoms with Crippen molar-refractivity contribution in [3.05, 3.63) is 64.7 Å². The van der Waals surface area contributed by atoms with Crippen molar-refractivity contribution in [2.75, 3.05) is 28.6 Å². The summed E-state index contributed by atoms with van der Waals surface area (Å²) in [7, 11) is -3.66. The number of aliphatic carboxylic acids is 1. The van der Waals surface area contributed by atoms with Crippen LogP contribution in [0.15, 0.2) is 53.6 Å². The van der Waals surface area contributed by atoms with Gasteiger partial charge in [0.15, 0.2) is 15.0 Å². The van der Waals surface area contributed by atoms with Gasteiger partial charge < -0.3 is 15.3 Å². The number of carboxylic acid groups (broad SMARTS) is 1. The molecule has 11 heteroatoms. The molecule has 1 saturated heterocycles. The minimum atomic E-state index is -3.66. The lowest BCUT2D eigenvalue weighted by molar-refractivity contribution is -0.136. The molecule has 190 valence electrons. The van der Waals surface area contributed by atoms with Crippen molar-refractivity contribution < 1.29 is 23.1 Å². The van der Waals surface area contributed by atoms with Crippen LogP contribution in [0, 0.1) is 6.92 Å². The van der Waals surface area contributed by atoms with E-state index in [-0.39, 0.29) is 17.1 Å². The predicted molar refractivity (Wildman–Crippen MR) is 141 cm³/mol. The normalized spacial score (nSPS) is 13.9. The highest BCUT2D eigenvalue weighted by Crippen LogP contribution is 2.30. The molecule has 1 aliphatic heterocycles. The van der Waals surface area contributed by atoms with E-state index in [2.05, 4.69) is 26.6 Å². The minimum Gasteiger partial charge on any atom is -0.481 e. The van der Waals surface area contributed by atoms with Gasteiger partial charge in [-0.25, -0.2) is 18.2 Å². The molecular formula is C25H28N4O5S2. The smallest absolute Gasteiger partial charge is 0.325 e. The van der Waals surface area contributed by atoms with Crippen molar-refractivity contribution in [3.63, 3.8) is 0 Å².